The van der Waals surface area contributed by atoms with Crippen molar-refractivity contribution < 1.29 is 28.0 Å². The summed E-state index contributed by atoms with van der Waals surface area (Å²) in [5.74, 6) is -2.96. The lowest BCUT2D eigenvalue weighted by Crippen LogP contribution is -2.61. The van der Waals surface area contributed by atoms with Crippen LogP contribution < -0.4 is 21.7 Å². The van der Waals surface area contributed by atoms with Gasteiger partial charge in [0, 0.05) is 19.0 Å². The van der Waals surface area contributed by atoms with Gasteiger partial charge in [0.05, 0.1) is 11.4 Å². The van der Waals surface area contributed by atoms with Crippen molar-refractivity contribution in [3.05, 3.63) is 0 Å². The fraction of sp³-hybridized carbons (Fsp3) is 0.833. The summed E-state index contributed by atoms with van der Waals surface area (Å²) in [5, 5.41) is 7.19. The first-order valence-electron chi connectivity index (χ1n) is 12.5. The molecule has 2 aliphatic heterocycles. The largest absolute Gasteiger partial charge is 0.356 e. The Balaban J connectivity index is 1.81. The number of carbonyl (C=O) groups is 4. The highest BCUT2D eigenvalue weighted by Gasteiger charge is 2.69. The smallest absolute Gasteiger partial charge is 0.315 e. The average Bonchev–Trinajstić information content (AvgIpc) is 3.09. The Bertz CT molecular complexity index is 894. The van der Waals surface area contributed by atoms with E-state index in [0.717, 1.165) is 6.42 Å². The van der Waals surface area contributed by atoms with Gasteiger partial charge >= 0.3 is 6.43 Å². The topological polar surface area (TPSA) is 134 Å². The van der Waals surface area contributed by atoms with E-state index >= 15 is 0 Å². The summed E-state index contributed by atoms with van der Waals surface area (Å²) in [6.07, 6.45) is -1.43. The van der Waals surface area contributed by atoms with E-state index in [4.69, 9.17) is 5.73 Å². The van der Waals surface area contributed by atoms with E-state index in [1.54, 1.807) is 20.8 Å². The molecule has 204 valence electrons. The molecule has 1 aliphatic carbocycles. The van der Waals surface area contributed by atoms with E-state index in [1.165, 1.54) is 4.90 Å². The van der Waals surface area contributed by atoms with Gasteiger partial charge in [0.25, 0.3) is 5.91 Å². The van der Waals surface area contributed by atoms with Gasteiger partial charge < -0.3 is 26.6 Å². The molecule has 2 heterocycles. The fourth-order valence-corrected chi connectivity index (χ4v) is 5.95. The van der Waals surface area contributed by atoms with Crippen molar-refractivity contribution in [3.8, 4) is 0 Å². The second-order valence-corrected chi connectivity index (χ2v) is 12.6. The first-order chi connectivity index (χ1) is 16.6. The van der Waals surface area contributed by atoms with E-state index in [9.17, 15) is 28.0 Å². The predicted octanol–water partition coefficient (Wildman–Crippen LogP) is 0.881. The molecule has 3 rings (SSSR count). The molecule has 0 unspecified atom stereocenters. The number of amides is 4. The Morgan fingerprint density at radius 2 is 1.89 bits per heavy atom. The lowest BCUT2D eigenvalue weighted by Gasteiger charge is -2.38. The van der Waals surface area contributed by atoms with Crippen LogP contribution in [0, 0.1) is 28.6 Å². The second-order valence-electron chi connectivity index (χ2n) is 12.0. The summed E-state index contributed by atoms with van der Waals surface area (Å²) in [6, 6.07) is -2.69. The number of fused-ring (bicyclic) bond motifs is 1. The molecule has 3 aliphatic rings. The first kappa shape index (κ1) is 28.6. The van der Waals surface area contributed by atoms with Gasteiger partial charge in [0.1, 0.15) is 12.1 Å². The van der Waals surface area contributed by atoms with Crippen LogP contribution in [-0.4, -0.2) is 71.5 Å². The third-order valence-corrected chi connectivity index (χ3v) is 8.40. The number of carbonyl (C=O) groups excluding carboxylic acids is 4. The van der Waals surface area contributed by atoms with Crippen molar-refractivity contribution in [2.75, 3.05) is 13.1 Å². The van der Waals surface area contributed by atoms with Crippen LogP contribution in [0.3, 0.4) is 0 Å². The number of rotatable bonds is 8. The minimum atomic E-state index is -3.26. The number of thiol groups is 1. The number of alkyl halides is 2. The van der Waals surface area contributed by atoms with Crippen LogP contribution in [0.4, 0.5) is 8.78 Å². The number of nitrogens with one attached hydrogen (secondary N) is 3. The Morgan fingerprint density at radius 3 is 2.42 bits per heavy atom. The minimum absolute atomic E-state index is 0.0656. The summed E-state index contributed by atoms with van der Waals surface area (Å²) in [4.78, 5) is 52.7. The van der Waals surface area contributed by atoms with Crippen molar-refractivity contribution in [2.24, 2.45) is 34.3 Å². The normalized spacial score (nSPS) is 29.6. The molecule has 5 N–H and O–H groups in total. The molecule has 2 saturated heterocycles. The SMILES string of the molecule is CC(C)(C)[C@H](NC(=O)C(F)F)C(=O)N1C[C@H]2[C@@H]([C@H]1C(=O)N[C@@H](C[C@@H]1CCCNC1=O)[C@@H](N)S)C2(C)C. The van der Waals surface area contributed by atoms with Gasteiger partial charge in [0.15, 0.2) is 0 Å². The third kappa shape index (κ3) is 5.79. The number of hydrogen-bond acceptors (Lipinski definition) is 6. The number of hydrogen-bond donors (Lipinski definition) is 5. The number of nitrogens with zero attached hydrogens (tertiary/aromatic N) is 1. The van der Waals surface area contributed by atoms with Crippen LogP contribution in [0.5, 0.6) is 0 Å². The van der Waals surface area contributed by atoms with Crippen LogP contribution >= 0.6 is 12.6 Å². The Labute approximate surface area is 216 Å². The quantitative estimate of drug-likeness (QED) is 0.234. The summed E-state index contributed by atoms with van der Waals surface area (Å²) >= 11 is 4.33. The van der Waals surface area contributed by atoms with Crippen LogP contribution in [0.2, 0.25) is 0 Å². The molecule has 0 aromatic rings. The van der Waals surface area contributed by atoms with Gasteiger partial charge in [-0.25, -0.2) is 0 Å². The van der Waals surface area contributed by atoms with Crippen molar-refractivity contribution >= 4 is 36.3 Å². The molecule has 0 aromatic carbocycles. The molecule has 0 radical (unpaired) electrons. The van der Waals surface area contributed by atoms with Crippen molar-refractivity contribution in [3.63, 3.8) is 0 Å². The van der Waals surface area contributed by atoms with E-state index in [1.807, 2.05) is 13.8 Å². The number of halogens is 2. The van der Waals surface area contributed by atoms with Crippen molar-refractivity contribution in [1.82, 2.24) is 20.9 Å². The summed E-state index contributed by atoms with van der Waals surface area (Å²) < 4.78 is 26.0. The van der Waals surface area contributed by atoms with Crippen LogP contribution in [0.15, 0.2) is 0 Å². The van der Waals surface area contributed by atoms with Gasteiger partial charge in [-0.15, -0.1) is 0 Å². The van der Waals surface area contributed by atoms with Gasteiger partial charge in [-0.2, -0.15) is 21.4 Å². The second kappa shape index (κ2) is 10.4. The molecule has 0 bridgehead atoms. The summed E-state index contributed by atoms with van der Waals surface area (Å²) in [5.41, 5.74) is 5.00. The molecule has 1 saturated carbocycles. The van der Waals surface area contributed by atoms with E-state index in [2.05, 4.69) is 28.6 Å². The highest BCUT2D eigenvalue weighted by molar-refractivity contribution is 7.80. The molecular weight excluding hydrogens is 492 g/mol. The summed E-state index contributed by atoms with van der Waals surface area (Å²) in [7, 11) is 0. The van der Waals surface area contributed by atoms with Crippen LogP contribution in [-0.2, 0) is 19.2 Å². The monoisotopic (exact) mass is 531 g/mol. The third-order valence-electron chi connectivity index (χ3n) is 8.04. The van der Waals surface area contributed by atoms with E-state index in [0.29, 0.717) is 19.4 Å². The average molecular weight is 532 g/mol. The first-order valence-corrected chi connectivity index (χ1v) is 13.0. The van der Waals surface area contributed by atoms with Gasteiger partial charge in [-0.3, -0.25) is 19.2 Å². The van der Waals surface area contributed by atoms with Crippen molar-refractivity contribution in [2.45, 2.75) is 83.8 Å². The standard InChI is InChI=1S/C24H39F2N5O4S/c1-23(2,3)16(30-21(34)17(25)26)22(35)31-10-12-14(24(12,4)5)15(31)20(33)29-13(18(27)36)9-11-7-6-8-28-19(11)32/h11-18,36H,6-10,27H2,1-5H3,(H,28,32)(H,29,33)(H,30,34)/t11-,12-,13-,14-,15-,16+,18-/m0/s1. The van der Waals surface area contributed by atoms with Gasteiger partial charge in [-0.05, 0) is 41.9 Å². The molecule has 36 heavy (non-hydrogen) atoms. The predicted molar refractivity (Wildman–Crippen MR) is 133 cm³/mol. The Morgan fingerprint density at radius 1 is 1.25 bits per heavy atom. The highest BCUT2D eigenvalue weighted by atomic mass is 32.1. The molecular formula is C24H39F2N5O4S. The molecule has 12 heteroatoms. The zero-order valence-electron chi connectivity index (χ0n) is 21.5. The molecule has 0 spiro atoms. The zero-order valence-corrected chi connectivity index (χ0v) is 22.4. The molecule has 4 amide bonds. The molecule has 0 aromatic heterocycles. The fourth-order valence-electron chi connectivity index (χ4n) is 5.75. The van der Waals surface area contributed by atoms with Crippen LogP contribution in [0.1, 0.15) is 53.9 Å². The zero-order chi connectivity index (χ0) is 27.2. The minimum Gasteiger partial charge on any atom is -0.356 e. The molecule has 7 atom stereocenters. The van der Waals surface area contributed by atoms with Gasteiger partial charge in [-0.1, -0.05) is 34.6 Å². The van der Waals surface area contributed by atoms with Gasteiger partial charge in [0.2, 0.25) is 17.7 Å². The molecule has 9 nitrogen and oxygen atoms in total. The van der Waals surface area contributed by atoms with Crippen LogP contribution in [0.25, 0.3) is 0 Å². The number of likely N-dealkylation sites (tertiary alicyclic amines) is 1. The number of nitrogens with two attached hydrogens (primary N) is 1. The maximum absolute atomic E-state index is 13.6. The van der Waals surface area contributed by atoms with Crippen molar-refractivity contribution in [1.29, 1.82) is 0 Å². The van der Waals surface area contributed by atoms with E-state index in [-0.39, 0.29) is 35.6 Å². The lowest BCUT2D eigenvalue weighted by molar-refractivity contribution is -0.147. The summed E-state index contributed by atoms with van der Waals surface area (Å²) in [6.45, 7) is 9.96. The molecule has 3 fully saturated rings. The number of piperidine rings is 2. The maximum Gasteiger partial charge on any atom is 0.315 e. The highest BCUT2D eigenvalue weighted by Crippen LogP contribution is 2.65. The Hall–Kier alpha value is -1.95. The van der Waals surface area contributed by atoms with E-state index < -0.39 is 53.1 Å². The lowest BCUT2D eigenvalue weighted by atomic mass is 9.85. The maximum atomic E-state index is 13.6. The Kier molecular flexibility index (Phi) is 8.29.